The number of carbonyl (C=O) groups excluding carboxylic acids is 1. The SMILES string of the molecule is O=C(NC[C@@H]1OC[C@H]2CCN(Cc3nccs3)C[C@H]21)c1ccco1. The summed E-state index contributed by atoms with van der Waals surface area (Å²) >= 11 is 1.70. The van der Waals surface area contributed by atoms with Crippen molar-refractivity contribution in [1.29, 1.82) is 0 Å². The monoisotopic (exact) mass is 347 g/mol. The van der Waals surface area contributed by atoms with Crippen LogP contribution in [0.1, 0.15) is 22.0 Å². The first kappa shape index (κ1) is 15.8. The van der Waals surface area contributed by atoms with Crippen molar-refractivity contribution < 1.29 is 13.9 Å². The molecule has 2 aromatic rings. The van der Waals surface area contributed by atoms with E-state index in [-0.39, 0.29) is 12.0 Å². The largest absolute Gasteiger partial charge is 0.459 e. The molecule has 0 radical (unpaired) electrons. The molecule has 2 aliphatic rings. The van der Waals surface area contributed by atoms with Gasteiger partial charge in [-0.05, 0) is 31.0 Å². The van der Waals surface area contributed by atoms with Crippen molar-refractivity contribution in [2.75, 3.05) is 26.2 Å². The number of hydrogen-bond donors (Lipinski definition) is 1. The van der Waals surface area contributed by atoms with Crippen LogP contribution in [0.5, 0.6) is 0 Å². The van der Waals surface area contributed by atoms with Crippen molar-refractivity contribution in [3.8, 4) is 0 Å². The van der Waals surface area contributed by atoms with E-state index in [0.29, 0.717) is 24.1 Å². The molecular weight excluding hydrogens is 326 g/mol. The quantitative estimate of drug-likeness (QED) is 0.896. The molecule has 0 aromatic carbocycles. The Morgan fingerprint density at radius 1 is 1.50 bits per heavy atom. The van der Waals surface area contributed by atoms with E-state index in [0.717, 1.165) is 37.7 Å². The molecule has 1 amide bonds. The zero-order valence-corrected chi connectivity index (χ0v) is 14.2. The highest BCUT2D eigenvalue weighted by Crippen LogP contribution is 2.34. The Kier molecular flexibility index (Phi) is 4.64. The average Bonchev–Trinajstić information content (AvgIpc) is 3.34. The number of fused-ring (bicyclic) bond motifs is 1. The van der Waals surface area contributed by atoms with Crippen molar-refractivity contribution in [1.82, 2.24) is 15.2 Å². The minimum Gasteiger partial charge on any atom is -0.459 e. The van der Waals surface area contributed by atoms with Gasteiger partial charge >= 0.3 is 0 Å². The van der Waals surface area contributed by atoms with E-state index in [1.807, 2.05) is 11.6 Å². The van der Waals surface area contributed by atoms with E-state index < -0.39 is 0 Å². The Bertz CT molecular complexity index is 659. The second-order valence-electron chi connectivity index (χ2n) is 6.43. The summed E-state index contributed by atoms with van der Waals surface area (Å²) in [6, 6.07) is 3.39. The smallest absolute Gasteiger partial charge is 0.287 e. The summed E-state index contributed by atoms with van der Waals surface area (Å²) in [5.41, 5.74) is 0. The highest BCUT2D eigenvalue weighted by Gasteiger charge is 2.41. The van der Waals surface area contributed by atoms with E-state index in [1.165, 1.54) is 6.26 Å². The fourth-order valence-corrected chi connectivity index (χ4v) is 4.32. The molecule has 3 atom stereocenters. The van der Waals surface area contributed by atoms with Gasteiger partial charge in [-0.1, -0.05) is 0 Å². The lowest BCUT2D eigenvalue weighted by Crippen LogP contribution is -2.45. The number of thiazole rings is 1. The van der Waals surface area contributed by atoms with Crippen molar-refractivity contribution in [2.45, 2.75) is 19.1 Å². The summed E-state index contributed by atoms with van der Waals surface area (Å²) in [5.74, 6) is 1.24. The molecular formula is C17H21N3O3S. The molecule has 2 aliphatic heterocycles. The van der Waals surface area contributed by atoms with Gasteiger partial charge in [0.1, 0.15) is 5.01 Å². The van der Waals surface area contributed by atoms with E-state index in [9.17, 15) is 4.79 Å². The van der Waals surface area contributed by atoms with Gasteiger partial charge in [-0.2, -0.15) is 0 Å². The van der Waals surface area contributed by atoms with Gasteiger partial charge in [0.15, 0.2) is 5.76 Å². The molecule has 4 heterocycles. The zero-order chi connectivity index (χ0) is 16.4. The van der Waals surface area contributed by atoms with Crippen LogP contribution in [0.25, 0.3) is 0 Å². The molecule has 24 heavy (non-hydrogen) atoms. The Morgan fingerprint density at radius 2 is 2.46 bits per heavy atom. The topological polar surface area (TPSA) is 67.6 Å². The Balaban J connectivity index is 1.32. The first-order valence-corrected chi connectivity index (χ1v) is 9.21. The van der Waals surface area contributed by atoms with Crippen LogP contribution in [-0.2, 0) is 11.3 Å². The van der Waals surface area contributed by atoms with Gasteiger partial charge in [0.25, 0.3) is 5.91 Å². The minimum atomic E-state index is -0.178. The van der Waals surface area contributed by atoms with Gasteiger partial charge in [0.2, 0.25) is 0 Å². The van der Waals surface area contributed by atoms with E-state index in [4.69, 9.17) is 9.15 Å². The van der Waals surface area contributed by atoms with Crippen molar-refractivity contribution in [3.05, 3.63) is 40.7 Å². The number of nitrogens with one attached hydrogen (secondary N) is 1. The van der Waals surface area contributed by atoms with Crippen molar-refractivity contribution in [2.24, 2.45) is 11.8 Å². The molecule has 2 saturated heterocycles. The van der Waals surface area contributed by atoms with Crippen LogP contribution >= 0.6 is 11.3 Å². The zero-order valence-electron chi connectivity index (χ0n) is 13.4. The molecule has 0 saturated carbocycles. The third-order valence-corrected chi connectivity index (χ3v) is 5.71. The molecule has 2 aromatic heterocycles. The molecule has 6 nitrogen and oxygen atoms in total. The maximum absolute atomic E-state index is 12.0. The summed E-state index contributed by atoms with van der Waals surface area (Å²) in [7, 11) is 0. The van der Waals surface area contributed by atoms with Crippen LogP contribution in [-0.4, -0.2) is 48.1 Å². The third kappa shape index (κ3) is 3.38. The molecule has 0 aliphatic carbocycles. The van der Waals surface area contributed by atoms with Crippen LogP contribution in [0.4, 0.5) is 0 Å². The number of amides is 1. The maximum Gasteiger partial charge on any atom is 0.287 e. The Labute approximate surface area is 144 Å². The molecule has 2 fully saturated rings. The summed E-state index contributed by atoms with van der Waals surface area (Å²) in [5, 5.41) is 6.12. The number of likely N-dealkylation sites (tertiary alicyclic amines) is 1. The number of ether oxygens (including phenoxy) is 1. The van der Waals surface area contributed by atoms with Gasteiger partial charge in [-0.3, -0.25) is 9.69 Å². The predicted molar refractivity (Wildman–Crippen MR) is 89.8 cm³/mol. The van der Waals surface area contributed by atoms with Gasteiger partial charge < -0.3 is 14.5 Å². The number of rotatable bonds is 5. The second-order valence-corrected chi connectivity index (χ2v) is 7.41. The predicted octanol–water partition coefficient (Wildman–Crippen LogP) is 2.00. The normalized spacial score (nSPS) is 27.1. The van der Waals surface area contributed by atoms with Crippen LogP contribution in [0.3, 0.4) is 0 Å². The molecule has 1 N–H and O–H groups in total. The average molecular weight is 347 g/mol. The number of carbonyl (C=O) groups is 1. The number of nitrogens with zero attached hydrogens (tertiary/aromatic N) is 2. The molecule has 7 heteroatoms. The van der Waals surface area contributed by atoms with Crippen LogP contribution in [0, 0.1) is 11.8 Å². The number of piperidine rings is 1. The summed E-state index contributed by atoms with van der Waals surface area (Å²) < 4.78 is 11.1. The fraction of sp³-hybridized carbons (Fsp3) is 0.529. The van der Waals surface area contributed by atoms with E-state index in [1.54, 1.807) is 23.5 Å². The molecule has 4 rings (SSSR count). The summed E-state index contributed by atoms with van der Waals surface area (Å²) in [6.45, 7) is 4.34. The Morgan fingerprint density at radius 3 is 3.25 bits per heavy atom. The summed E-state index contributed by atoms with van der Waals surface area (Å²) in [6.07, 6.45) is 4.60. The molecule has 0 bridgehead atoms. The Hall–Kier alpha value is -1.70. The van der Waals surface area contributed by atoms with Crippen LogP contribution < -0.4 is 5.32 Å². The van der Waals surface area contributed by atoms with E-state index in [2.05, 4.69) is 15.2 Å². The lowest BCUT2D eigenvalue weighted by Gasteiger charge is -2.35. The summed E-state index contributed by atoms with van der Waals surface area (Å²) in [4.78, 5) is 18.9. The fourth-order valence-electron chi connectivity index (χ4n) is 3.66. The van der Waals surface area contributed by atoms with E-state index >= 15 is 0 Å². The highest BCUT2D eigenvalue weighted by atomic mass is 32.1. The maximum atomic E-state index is 12.0. The highest BCUT2D eigenvalue weighted by molar-refractivity contribution is 7.09. The lowest BCUT2D eigenvalue weighted by molar-refractivity contribution is 0.0667. The van der Waals surface area contributed by atoms with Crippen LogP contribution in [0.15, 0.2) is 34.4 Å². The van der Waals surface area contributed by atoms with Crippen molar-refractivity contribution in [3.63, 3.8) is 0 Å². The second kappa shape index (κ2) is 7.04. The lowest BCUT2D eigenvalue weighted by atomic mass is 9.84. The standard InChI is InChI=1S/C17H21N3O3S/c21-17(14-2-1-6-22-14)19-8-15-13-9-20(5-3-12(13)11-23-15)10-16-18-4-7-24-16/h1-2,4,6-7,12-13,15H,3,5,8-11H2,(H,19,21)/t12-,13-,15+/m1/s1. The first-order chi connectivity index (χ1) is 11.8. The first-order valence-electron chi connectivity index (χ1n) is 8.33. The number of furan rings is 1. The van der Waals surface area contributed by atoms with Crippen LogP contribution in [0.2, 0.25) is 0 Å². The molecule has 0 spiro atoms. The van der Waals surface area contributed by atoms with Gasteiger partial charge in [-0.15, -0.1) is 11.3 Å². The minimum absolute atomic E-state index is 0.0769. The molecule has 0 unspecified atom stereocenters. The number of hydrogen-bond acceptors (Lipinski definition) is 6. The number of aromatic nitrogens is 1. The van der Waals surface area contributed by atoms with Gasteiger partial charge in [0.05, 0.1) is 25.5 Å². The van der Waals surface area contributed by atoms with Crippen molar-refractivity contribution >= 4 is 17.2 Å². The molecule has 128 valence electrons. The third-order valence-electron chi connectivity index (χ3n) is 4.94. The van der Waals surface area contributed by atoms with Gasteiger partial charge in [0, 0.05) is 30.6 Å². The van der Waals surface area contributed by atoms with Gasteiger partial charge in [-0.25, -0.2) is 4.98 Å².